The monoisotopic (exact) mass is 954 g/mol. The Labute approximate surface area is 400 Å². The Bertz CT molecular complexity index is 2280. The molecule has 2 fully saturated rings. The van der Waals surface area contributed by atoms with E-state index in [0.29, 0.717) is 96.0 Å². The van der Waals surface area contributed by atoms with Crippen molar-refractivity contribution in [1.82, 2.24) is 19.6 Å². The Morgan fingerprint density at radius 1 is 0.536 bits per heavy atom. The van der Waals surface area contributed by atoms with E-state index in [1.807, 2.05) is 0 Å². The number of rotatable bonds is 16. The molecule has 2 unspecified atom stereocenters. The maximum atomic E-state index is 13.4. The van der Waals surface area contributed by atoms with Gasteiger partial charge >= 0.3 is 12.2 Å². The molecule has 19 nitrogen and oxygen atoms in total. The zero-order valence-electron chi connectivity index (χ0n) is 39.8. The summed E-state index contributed by atoms with van der Waals surface area (Å²) in [6, 6.07) is 8.31. The van der Waals surface area contributed by atoms with E-state index in [4.69, 9.17) is 33.2 Å². The third-order valence-corrected chi connectivity index (χ3v) is 11.0. The molecule has 6 rings (SSSR count). The molecule has 368 valence electrons. The number of piperidine rings is 2. The molecule has 0 N–H and O–H groups in total. The molecular formula is C50H58N4O15. The highest BCUT2D eigenvalue weighted by Gasteiger charge is 2.48. The van der Waals surface area contributed by atoms with Crippen LogP contribution in [0.4, 0.5) is 9.59 Å². The summed E-state index contributed by atoms with van der Waals surface area (Å²) in [5, 5.41) is 0. The van der Waals surface area contributed by atoms with Crippen LogP contribution in [0, 0.1) is 23.7 Å². The molecule has 2 saturated heterocycles. The van der Waals surface area contributed by atoms with E-state index in [1.165, 1.54) is 9.80 Å². The van der Waals surface area contributed by atoms with Crippen LogP contribution in [0.5, 0.6) is 0 Å². The lowest BCUT2D eigenvalue weighted by Gasteiger charge is -2.35. The summed E-state index contributed by atoms with van der Waals surface area (Å²) < 4.78 is 38.4. The molecule has 4 heterocycles. The summed E-state index contributed by atoms with van der Waals surface area (Å²) in [7, 11) is 0. The third kappa shape index (κ3) is 13.4. The number of carbonyl (C=O) groups is 8. The lowest BCUT2D eigenvalue weighted by Crippen LogP contribution is -2.57. The average molecular weight is 955 g/mol. The van der Waals surface area contributed by atoms with Gasteiger partial charge < -0.3 is 43.0 Å². The van der Waals surface area contributed by atoms with E-state index < -0.39 is 59.1 Å². The smallest absolute Gasteiger partial charge is 0.424 e. The second-order valence-corrected chi connectivity index (χ2v) is 18.3. The van der Waals surface area contributed by atoms with Crippen LogP contribution in [0.2, 0.25) is 0 Å². The Morgan fingerprint density at radius 3 is 1.23 bits per heavy atom. The highest BCUT2D eigenvalue weighted by Crippen LogP contribution is 2.33. The number of fused-ring (bicyclic) bond motifs is 2. The van der Waals surface area contributed by atoms with Crippen molar-refractivity contribution in [2.75, 3.05) is 66.1 Å². The van der Waals surface area contributed by atoms with Crippen LogP contribution in [0.3, 0.4) is 0 Å². The maximum Gasteiger partial charge on any atom is 0.424 e. The predicted molar refractivity (Wildman–Crippen MR) is 243 cm³/mol. The van der Waals surface area contributed by atoms with Crippen molar-refractivity contribution in [2.24, 2.45) is 0 Å². The molecule has 8 amide bonds. The topological polar surface area (TPSA) is 214 Å². The molecule has 4 aliphatic rings. The standard InChI is InChI=1S/C50H58N4O15/c1-49(2,3)68-47(61)53-41(55)19-17-39(45(53)59)51-31-37-33(11-7-15-35(37)43(51)57)13-9-21-63-23-25-65-27-29-67-30-28-66-26-24-64-22-10-14-34-12-8-16-36-38(34)32-52(44(36)58)40-18-20-42(56)54(46(40)60)48(62)69-50(4,5)6/h7-8,11-12,15-16,39-40H,17-32H2,1-6H3. The minimum Gasteiger partial charge on any atom is -0.443 e. The van der Waals surface area contributed by atoms with Crippen molar-refractivity contribution in [3.63, 3.8) is 0 Å². The summed E-state index contributed by atoms with van der Waals surface area (Å²) in [6.45, 7) is 12.9. The second-order valence-electron chi connectivity index (χ2n) is 18.3. The molecule has 19 heteroatoms. The minimum atomic E-state index is -1.05. The van der Waals surface area contributed by atoms with Crippen molar-refractivity contribution in [3.05, 3.63) is 69.8 Å². The van der Waals surface area contributed by atoms with Crippen LogP contribution in [0.1, 0.15) is 110 Å². The van der Waals surface area contributed by atoms with Crippen LogP contribution in [-0.4, -0.2) is 157 Å². The van der Waals surface area contributed by atoms with Gasteiger partial charge in [0.25, 0.3) is 23.6 Å². The number of ether oxygens (including phenoxy) is 7. The van der Waals surface area contributed by atoms with Gasteiger partial charge in [0.05, 0.1) is 52.9 Å². The Balaban J connectivity index is 0.805. The third-order valence-electron chi connectivity index (χ3n) is 11.0. The van der Waals surface area contributed by atoms with Gasteiger partial charge in [-0.05, 0) is 89.8 Å². The first-order valence-electron chi connectivity index (χ1n) is 22.8. The van der Waals surface area contributed by atoms with Crippen LogP contribution >= 0.6 is 0 Å². The number of amides is 8. The van der Waals surface area contributed by atoms with Crippen molar-refractivity contribution in [3.8, 4) is 23.7 Å². The molecule has 0 spiro atoms. The van der Waals surface area contributed by atoms with Gasteiger partial charge in [0.2, 0.25) is 11.8 Å². The van der Waals surface area contributed by atoms with Crippen LogP contribution in [0.25, 0.3) is 0 Å². The molecule has 0 aromatic heterocycles. The highest BCUT2D eigenvalue weighted by atomic mass is 16.6. The molecule has 2 atom stereocenters. The van der Waals surface area contributed by atoms with E-state index in [0.717, 1.165) is 0 Å². The van der Waals surface area contributed by atoms with Crippen molar-refractivity contribution in [2.45, 2.75) is 104 Å². The lowest BCUT2D eigenvalue weighted by molar-refractivity contribution is -0.152. The summed E-state index contributed by atoms with van der Waals surface area (Å²) in [6.07, 6.45) is -2.08. The van der Waals surface area contributed by atoms with Gasteiger partial charge in [-0.1, -0.05) is 35.8 Å². The second kappa shape index (κ2) is 23.2. The van der Waals surface area contributed by atoms with Gasteiger partial charge in [-0.2, -0.15) is 9.80 Å². The largest absolute Gasteiger partial charge is 0.443 e. The molecule has 2 aromatic carbocycles. The van der Waals surface area contributed by atoms with Gasteiger partial charge in [-0.25, -0.2) is 9.59 Å². The summed E-state index contributed by atoms with van der Waals surface area (Å²) >= 11 is 0. The number of nitrogens with zero attached hydrogens (tertiary/aromatic N) is 4. The molecular weight excluding hydrogens is 897 g/mol. The van der Waals surface area contributed by atoms with Crippen LogP contribution in [-0.2, 0) is 65.4 Å². The van der Waals surface area contributed by atoms with Gasteiger partial charge in [0.15, 0.2) is 0 Å². The molecule has 2 aromatic rings. The Kier molecular flexibility index (Phi) is 17.5. The molecule has 0 aliphatic carbocycles. The zero-order valence-corrected chi connectivity index (χ0v) is 39.8. The maximum absolute atomic E-state index is 13.4. The minimum absolute atomic E-state index is 0.0832. The van der Waals surface area contributed by atoms with E-state index in [2.05, 4.69) is 23.7 Å². The van der Waals surface area contributed by atoms with Crippen LogP contribution < -0.4 is 0 Å². The fourth-order valence-electron chi connectivity index (χ4n) is 7.84. The summed E-state index contributed by atoms with van der Waals surface area (Å²) in [5.41, 5.74) is 1.52. The van der Waals surface area contributed by atoms with Gasteiger partial charge in [-0.3, -0.25) is 28.8 Å². The van der Waals surface area contributed by atoms with E-state index >= 15 is 0 Å². The van der Waals surface area contributed by atoms with Crippen molar-refractivity contribution >= 4 is 47.6 Å². The molecule has 0 radical (unpaired) electrons. The quantitative estimate of drug-likeness (QED) is 0.132. The normalized spacial score (nSPS) is 18.2. The molecule has 0 saturated carbocycles. The number of hydrogen-bond acceptors (Lipinski definition) is 15. The number of likely N-dealkylation sites (tertiary alicyclic amines) is 2. The van der Waals surface area contributed by atoms with Gasteiger partial charge in [0, 0.05) is 48.2 Å². The number of benzene rings is 2. The first-order chi connectivity index (χ1) is 32.9. The Hall–Kier alpha value is -6.48. The summed E-state index contributed by atoms with van der Waals surface area (Å²) in [5.74, 6) is 8.35. The van der Waals surface area contributed by atoms with E-state index in [-0.39, 0.29) is 63.8 Å². The molecule has 0 bridgehead atoms. The van der Waals surface area contributed by atoms with Crippen molar-refractivity contribution < 1.29 is 71.5 Å². The van der Waals surface area contributed by atoms with E-state index in [1.54, 1.807) is 77.9 Å². The first-order valence-corrected chi connectivity index (χ1v) is 22.8. The Morgan fingerprint density at radius 2 is 0.884 bits per heavy atom. The van der Waals surface area contributed by atoms with Gasteiger partial charge in [-0.15, -0.1) is 0 Å². The average Bonchev–Trinajstić information content (AvgIpc) is 3.79. The van der Waals surface area contributed by atoms with Gasteiger partial charge in [0.1, 0.15) is 36.5 Å². The van der Waals surface area contributed by atoms with Crippen LogP contribution in [0.15, 0.2) is 36.4 Å². The fourth-order valence-corrected chi connectivity index (χ4v) is 7.84. The van der Waals surface area contributed by atoms with Crippen molar-refractivity contribution in [1.29, 1.82) is 0 Å². The first kappa shape index (κ1) is 51.9. The number of hydrogen-bond donors (Lipinski definition) is 0. The fraction of sp³-hybridized carbons (Fsp3) is 0.520. The zero-order chi connectivity index (χ0) is 49.9. The predicted octanol–water partition coefficient (Wildman–Crippen LogP) is 3.99. The SMILES string of the molecule is CC(C)(C)OC(=O)N1C(=O)CCC(N2Cc3c(C#CCOCCOCCOCCOCCOCC#Cc4cccc5c4CN(C4CCC(=O)N(C(=O)OC(C)(C)C)C4=O)C5=O)cccc3C2=O)C1=O. The lowest BCUT2D eigenvalue weighted by atomic mass is 10.0. The number of imide groups is 6. The summed E-state index contributed by atoms with van der Waals surface area (Å²) in [4.78, 5) is 108. The molecule has 4 aliphatic heterocycles. The highest BCUT2D eigenvalue weighted by molar-refractivity contribution is 6.14. The molecule has 69 heavy (non-hydrogen) atoms. The number of carbonyl (C=O) groups excluding carboxylic acids is 8. The van der Waals surface area contributed by atoms with E-state index in [9.17, 15) is 38.4 Å².